The number of halogens is 3. The number of carbonyl (C=O) groups excluding carboxylic acids is 1. The van der Waals surface area contributed by atoms with Crippen LogP contribution in [0.2, 0.25) is 0 Å². The first-order valence-corrected chi connectivity index (χ1v) is 6.46. The van der Waals surface area contributed by atoms with Gasteiger partial charge in [0.25, 0.3) is 0 Å². The van der Waals surface area contributed by atoms with Crippen molar-refractivity contribution in [2.24, 2.45) is 0 Å². The van der Waals surface area contributed by atoms with E-state index >= 15 is 0 Å². The van der Waals surface area contributed by atoms with Gasteiger partial charge in [-0.3, -0.25) is 4.79 Å². The van der Waals surface area contributed by atoms with Crippen LogP contribution in [0.25, 0.3) is 0 Å². The van der Waals surface area contributed by atoms with Gasteiger partial charge in [-0.05, 0) is 53.5 Å². The van der Waals surface area contributed by atoms with Gasteiger partial charge in [0.15, 0.2) is 17.4 Å². The molecule has 0 amide bonds. The van der Waals surface area contributed by atoms with Crippen LogP contribution >= 0.6 is 15.9 Å². The predicted octanol–water partition coefficient (Wildman–Crippen LogP) is 4.58. The Morgan fingerprint density at radius 1 is 1.05 bits per heavy atom. The van der Waals surface area contributed by atoms with Crippen molar-refractivity contribution < 1.29 is 13.6 Å². The van der Waals surface area contributed by atoms with Crippen LogP contribution in [-0.4, -0.2) is 5.78 Å². The van der Waals surface area contributed by atoms with E-state index < -0.39 is 11.6 Å². The third-order valence-electron chi connectivity index (χ3n) is 2.92. The summed E-state index contributed by atoms with van der Waals surface area (Å²) in [6.45, 7) is 3.68. The molecule has 0 aliphatic carbocycles. The highest BCUT2D eigenvalue weighted by Crippen LogP contribution is 2.26. The standard InChI is InChI=1S/C15H11BrF2O/c1-8-3-4-9(2)11(7-8)15(19)10-5-6-12(17)14(18)13(10)16/h3-7H,1-2H3. The second kappa shape index (κ2) is 5.21. The maximum absolute atomic E-state index is 13.5. The summed E-state index contributed by atoms with van der Waals surface area (Å²) in [5, 5.41) is 0. The molecule has 0 unspecified atom stereocenters. The molecule has 0 aliphatic heterocycles. The highest BCUT2D eigenvalue weighted by atomic mass is 79.9. The summed E-state index contributed by atoms with van der Waals surface area (Å²) < 4.78 is 26.4. The Morgan fingerprint density at radius 3 is 2.42 bits per heavy atom. The first-order valence-electron chi connectivity index (χ1n) is 5.67. The highest BCUT2D eigenvalue weighted by molar-refractivity contribution is 9.10. The third kappa shape index (κ3) is 2.59. The number of benzene rings is 2. The average Bonchev–Trinajstić information content (AvgIpc) is 2.38. The molecule has 0 heterocycles. The van der Waals surface area contributed by atoms with Crippen molar-refractivity contribution in [3.05, 3.63) is 68.7 Å². The normalized spacial score (nSPS) is 10.6. The van der Waals surface area contributed by atoms with E-state index in [0.29, 0.717) is 5.56 Å². The number of hydrogen-bond donors (Lipinski definition) is 0. The van der Waals surface area contributed by atoms with E-state index in [2.05, 4.69) is 15.9 Å². The molecule has 0 aromatic heterocycles. The van der Waals surface area contributed by atoms with Gasteiger partial charge in [-0.15, -0.1) is 0 Å². The van der Waals surface area contributed by atoms with Crippen molar-refractivity contribution in [3.8, 4) is 0 Å². The molecule has 0 N–H and O–H groups in total. The molecule has 2 rings (SSSR count). The summed E-state index contributed by atoms with van der Waals surface area (Å²) in [5.74, 6) is -2.35. The van der Waals surface area contributed by atoms with E-state index in [4.69, 9.17) is 0 Å². The average molecular weight is 325 g/mol. The van der Waals surface area contributed by atoms with Crippen molar-refractivity contribution >= 4 is 21.7 Å². The van der Waals surface area contributed by atoms with Crippen LogP contribution in [0.3, 0.4) is 0 Å². The summed E-state index contributed by atoms with van der Waals surface area (Å²) in [4.78, 5) is 12.4. The second-order valence-corrected chi connectivity index (χ2v) is 5.16. The molecule has 0 saturated carbocycles. The SMILES string of the molecule is Cc1ccc(C)c(C(=O)c2ccc(F)c(F)c2Br)c1. The fourth-order valence-corrected chi connectivity index (χ4v) is 2.33. The van der Waals surface area contributed by atoms with E-state index in [-0.39, 0.29) is 15.8 Å². The molecule has 0 aliphatic rings. The maximum atomic E-state index is 13.5. The smallest absolute Gasteiger partial charge is 0.194 e. The fraction of sp³-hybridized carbons (Fsp3) is 0.133. The maximum Gasteiger partial charge on any atom is 0.194 e. The number of rotatable bonds is 2. The first kappa shape index (κ1) is 13.9. The largest absolute Gasteiger partial charge is 0.289 e. The molecule has 0 fully saturated rings. The Labute approximate surface area is 118 Å². The van der Waals surface area contributed by atoms with Gasteiger partial charge in [0.05, 0.1) is 4.47 Å². The van der Waals surface area contributed by atoms with Crippen LogP contribution < -0.4 is 0 Å². The lowest BCUT2D eigenvalue weighted by Crippen LogP contribution is -2.06. The Bertz CT molecular complexity index is 665. The van der Waals surface area contributed by atoms with Crippen molar-refractivity contribution in [2.75, 3.05) is 0 Å². The lowest BCUT2D eigenvalue weighted by Gasteiger charge is -2.08. The van der Waals surface area contributed by atoms with Gasteiger partial charge in [-0.2, -0.15) is 0 Å². The molecular formula is C15H11BrF2O. The van der Waals surface area contributed by atoms with E-state index in [1.54, 1.807) is 13.0 Å². The zero-order valence-electron chi connectivity index (χ0n) is 10.4. The second-order valence-electron chi connectivity index (χ2n) is 4.37. The highest BCUT2D eigenvalue weighted by Gasteiger charge is 2.19. The van der Waals surface area contributed by atoms with Crippen molar-refractivity contribution in [2.45, 2.75) is 13.8 Å². The number of carbonyl (C=O) groups is 1. The Kier molecular flexibility index (Phi) is 3.80. The van der Waals surface area contributed by atoms with Gasteiger partial charge >= 0.3 is 0 Å². The summed E-state index contributed by atoms with van der Waals surface area (Å²) in [5.41, 5.74) is 2.35. The van der Waals surface area contributed by atoms with Crippen molar-refractivity contribution in [3.63, 3.8) is 0 Å². The first-order chi connectivity index (χ1) is 8.91. The quantitative estimate of drug-likeness (QED) is 0.584. The monoisotopic (exact) mass is 324 g/mol. The molecular weight excluding hydrogens is 314 g/mol. The van der Waals surface area contributed by atoms with E-state index in [1.165, 1.54) is 6.07 Å². The molecule has 0 spiro atoms. The summed E-state index contributed by atoms with van der Waals surface area (Å²) in [7, 11) is 0. The van der Waals surface area contributed by atoms with Crippen LogP contribution in [0.1, 0.15) is 27.0 Å². The molecule has 1 nitrogen and oxygen atoms in total. The molecule has 0 radical (unpaired) electrons. The molecule has 0 saturated heterocycles. The van der Waals surface area contributed by atoms with Gasteiger partial charge in [-0.25, -0.2) is 8.78 Å². The van der Waals surface area contributed by atoms with Gasteiger partial charge in [0.2, 0.25) is 0 Å². The lowest BCUT2D eigenvalue weighted by molar-refractivity contribution is 0.103. The van der Waals surface area contributed by atoms with E-state index in [1.807, 2.05) is 19.1 Å². The van der Waals surface area contributed by atoms with Crippen LogP contribution in [-0.2, 0) is 0 Å². The third-order valence-corrected chi connectivity index (χ3v) is 3.69. The molecule has 0 bridgehead atoms. The molecule has 2 aromatic carbocycles. The summed E-state index contributed by atoms with van der Waals surface area (Å²) >= 11 is 2.94. The van der Waals surface area contributed by atoms with E-state index in [9.17, 15) is 13.6 Å². The minimum atomic E-state index is -1.05. The number of hydrogen-bond acceptors (Lipinski definition) is 1. The Morgan fingerprint density at radius 2 is 1.74 bits per heavy atom. The minimum absolute atomic E-state index is 0.118. The Hall–Kier alpha value is -1.55. The van der Waals surface area contributed by atoms with Crippen molar-refractivity contribution in [1.82, 2.24) is 0 Å². The van der Waals surface area contributed by atoms with Gasteiger partial charge in [0, 0.05) is 11.1 Å². The van der Waals surface area contributed by atoms with Gasteiger partial charge in [0.1, 0.15) is 0 Å². The lowest BCUT2D eigenvalue weighted by atomic mass is 9.97. The van der Waals surface area contributed by atoms with Crippen molar-refractivity contribution in [1.29, 1.82) is 0 Å². The summed E-state index contributed by atoms with van der Waals surface area (Å²) in [6.07, 6.45) is 0. The van der Waals surface area contributed by atoms with Gasteiger partial charge < -0.3 is 0 Å². The van der Waals surface area contributed by atoms with Crippen LogP contribution in [0, 0.1) is 25.5 Å². The van der Waals surface area contributed by atoms with Crippen LogP contribution in [0.4, 0.5) is 8.78 Å². The number of ketones is 1. The van der Waals surface area contributed by atoms with Gasteiger partial charge in [-0.1, -0.05) is 17.7 Å². The fourth-order valence-electron chi connectivity index (χ4n) is 1.83. The molecule has 19 heavy (non-hydrogen) atoms. The Balaban J connectivity index is 2.56. The topological polar surface area (TPSA) is 17.1 Å². The molecule has 98 valence electrons. The zero-order valence-corrected chi connectivity index (χ0v) is 12.0. The molecule has 4 heteroatoms. The van der Waals surface area contributed by atoms with Crippen LogP contribution in [0.5, 0.6) is 0 Å². The predicted molar refractivity (Wildman–Crippen MR) is 73.4 cm³/mol. The number of aryl methyl sites for hydroxylation is 2. The molecule has 2 aromatic rings. The van der Waals surface area contributed by atoms with Crippen LogP contribution in [0.15, 0.2) is 34.8 Å². The summed E-state index contributed by atoms with van der Waals surface area (Å²) in [6, 6.07) is 7.71. The minimum Gasteiger partial charge on any atom is -0.289 e. The molecule has 0 atom stereocenters. The van der Waals surface area contributed by atoms with E-state index in [0.717, 1.165) is 17.2 Å². The zero-order chi connectivity index (χ0) is 14.2.